The van der Waals surface area contributed by atoms with E-state index in [0.717, 1.165) is 49.6 Å². The minimum atomic E-state index is 0.295. The van der Waals surface area contributed by atoms with Crippen LogP contribution in [0.5, 0.6) is 0 Å². The number of methoxy groups -OCH3 is 1. The van der Waals surface area contributed by atoms with Crippen LogP contribution < -0.4 is 16.2 Å². The summed E-state index contributed by atoms with van der Waals surface area (Å²) in [5.74, 6) is 7.23. The van der Waals surface area contributed by atoms with E-state index in [1.54, 1.807) is 13.4 Å². The molecule has 18 heavy (non-hydrogen) atoms. The zero-order chi connectivity index (χ0) is 13.0. The Morgan fingerprint density at radius 1 is 1.56 bits per heavy atom. The molecule has 6 nitrogen and oxygen atoms in total. The second kappa shape index (κ2) is 5.97. The first-order valence-corrected chi connectivity index (χ1v) is 6.38. The van der Waals surface area contributed by atoms with E-state index in [1.807, 2.05) is 0 Å². The second-order valence-electron chi connectivity index (χ2n) is 4.51. The molecule has 6 heteroatoms. The van der Waals surface area contributed by atoms with Gasteiger partial charge >= 0.3 is 0 Å². The van der Waals surface area contributed by atoms with Gasteiger partial charge in [-0.05, 0) is 12.8 Å². The third-order valence-electron chi connectivity index (χ3n) is 3.34. The summed E-state index contributed by atoms with van der Waals surface area (Å²) in [4.78, 5) is 10.9. The van der Waals surface area contributed by atoms with E-state index in [0.29, 0.717) is 6.10 Å². The van der Waals surface area contributed by atoms with Gasteiger partial charge in [0.1, 0.15) is 18.0 Å². The number of anilines is 2. The quantitative estimate of drug-likeness (QED) is 0.599. The van der Waals surface area contributed by atoms with Crippen molar-refractivity contribution in [1.82, 2.24) is 9.97 Å². The van der Waals surface area contributed by atoms with Crippen LogP contribution in [0.4, 0.5) is 11.6 Å². The van der Waals surface area contributed by atoms with Gasteiger partial charge in [-0.3, -0.25) is 0 Å². The molecular weight excluding hydrogens is 230 g/mol. The molecular formula is C12H21N5O. The van der Waals surface area contributed by atoms with E-state index in [1.165, 1.54) is 0 Å². The number of nitrogens with one attached hydrogen (secondary N) is 1. The molecule has 1 aliphatic heterocycles. The molecule has 100 valence electrons. The van der Waals surface area contributed by atoms with Crippen molar-refractivity contribution in [2.24, 2.45) is 5.84 Å². The number of aromatic nitrogens is 2. The van der Waals surface area contributed by atoms with Crippen molar-refractivity contribution in [2.75, 3.05) is 30.5 Å². The molecule has 0 aliphatic carbocycles. The molecule has 0 aromatic carbocycles. The van der Waals surface area contributed by atoms with Crippen molar-refractivity contribution in [3.63, 3.8) is 0 Å². The van der Waals surface area contributed by atoms with Crippen LogP contribution in [-0.2, 0) is 11.2 Å². The molecule has 2 heterocycles. The summed E-state index contributed by atoms with van der Waals surface area (Å²) < 4.78 is 5.39. The van der Waals surface area contributed by atoms with Crippen molar-refractivity contribution >= 4 is 11.6 Å². The molecule has 0 spiro atoms. The maximum Gasteiger partial charge on any atom is 0.148 e. The Balaban J connectivity index is 2.26. The zero-order valence-corrected chi connectivity index (χ0v) is 11.0. The number of rotatable bonds is 5. The van der Waals surface area contributed by atoms with Crippen molar-refractivity contribution in [3.8, 4) is 0 Å². The van der Waals surface area contributed by atoms with Crippen LogP contribution in [0, 0.1) is 0 Å². The first kappa shape index (κ1) is 13.0. The van der Waals surface area contributed by atoms with Crippen LogP contribution in [0.3, 0.4) is 0 Å². The number of hydrogen-bond donors (Lipinski definition) is 2. The minimum absolute atomic E-state index is 0.295. The lowest BCUT2D eigenvalue weighted by Gasteiger charge is -2.21. The van der Waals surface area contributed by atoms with Gasteiger partial charge in [-0.15, -0.1) is 0 Å². The maximum absolute atomic E-state index is 5.52. The SMILES string of the molecule is CCCc1c(NN)ncnc1N1CCC(OC)C1. The molecule has 1 atom stereocenters. The van der Waals surface area contributed by atoms with E-state index in [-0.39, 0.29) is 0 Å². The van der Waals surface area contributed by atoms with Crippen LogP contribution >= 0.6 is 0 Å². The lowest BCUT2D eigenvalue weighted by Crippen LogP contribution is -2.25. The third kappa shape index (κ3) is 2.54. The van der Waals surface area contributed by atoms with Gasteiger partial charge in [0.25, 0.3) is 0 Å². The van der Waals surface area contributed by atoms with Gasteiger partial charge in [0.05, 0.1) is 6.10 Å². The molecule has 0 amide bonds. The standard InChI is InChI=1S/C12H21N5O/c1-3-4-10-11(16-13)14-8-15-12(10)17-6-5-9(7-17)18-2/h8-9H,3-7,13H2,1-2H3,(H,14,15,16). The summed E-state index contributed by atoms with van der Waals surface area (Å²) in [7, 11) is 1.76. The van der Waals surface area contributed by atoms with Gasteiger partial charge in [-0.25, -0.2) is 15.8 Å². The van der Waals surface area contributed by atoms with Gasteiger partial charge in [0, 0.05) is 25.8 Å². The first-order valence-electron chi connectivity index (χ1n) is 6.38. The molecule has 1 aromatic rings. The lowest BCUT2D eigenvalue weighted by atomic mass is 10.1. The monoisotopic (exact) mass is 251 g/mol. The molecule has 0 bridgehead atoms. The zero-order valence-electron chi connectivity index (χ0n) is 11.0. The van der Waals surface area contributed by atoms with Crippen LogP contribution in [0.2, 0.25) is 0 Å². The smallest absolute Gasteiger partial charge is 0.148 e. The Hall–Kier alpha value is -1.40. The second-order valence-corrected chi connectivity index (χ2v) is 4.51. The van der Waals surface area contributed by atoms with Gasteiger partial charge < -0.3 is 15.1 Å². The van der Waals surface area contributed by atoms with E-state index >= 15 is 0 Å². The third-order valence-corrected chi connectivity index (χ3v) is 3.34. The molecule has 1 unspecified atom stereocenters. The molecule has 1 aromatic heterocycles. The number of nitrogens with zero attached hydrogens (tertiary/aromatic N) is 3. The van der Waals surface area contributed by atoms with Crippen LogP contribution in [0.15, 0.2) is 6.33 Å². The molecule has 0 radical (unpaired) electrons. The summed E-state index contributed by atoms with van der Waals surface area (Å²) in [6, 6.07) is 0. The largest absolute Gasteiger partial charge is 0.380 e. The highest BCUT2D eigenvalue weighted by Crippen LogP contribution is 2.27. The van der Waals surface area contributed by atoms with Gasteiger partial charge in [-0.2, -0.15) is 0 Å². The molecule has 3 N–H and O–H groups in total. The minimum Gasteiger partial charge on any atom is -0.380 e. The highest BCUT2D eigenvalue weighted by atomic mass is 16.5. The lowest BCUT2D eigenvalue weighted by molar-refractivity contribution is 0.121. The summed E-state index contributed by atoms with van der Waals surface area (Å²) in [5, 5.41) is 0. The Bertz CT molecular complexity index is 398. The van der Waals surface area contributed by atoms with Gasteiger partial charge in [0.2, 0.25) is 0 Å². The predicted molar refractivity (Wildman–Crippen MR) is 71.5 cm³/mol. The Morgan fingerprint density at radius 3 is 3.00 bits per heavy atom. The van der Waals surface area contributed by atoms with Gasteiger partial charge in [-0.1, -0.05) is 13.3 Å². The average molecular weight is 251 g/mol. The topological polar surface area (TPSA) is 76.3 Å². The van der Waals surface area contributed by atoms with E-state index in [9.17, 15) is 0 Å². The normalized spacial score (nSPS) is 19.3. The van der Waals surface area contributed by atoms with Crippen molar-refractivity contribution in [1.29, 1.82) is 0 Å². The van der Waals surface area contributed by atoms with E-state index < -0.39 is 0 Å². The number of nitrogens with two attached hydrogens (primary N) is 1. The van der Waals surface area contributed by atoms with Crippen molar-refractivity contribution < 1.29 is 4.74 Å². The molecule has 1 aliphatic rings. The summed E-state index contributed by atoms with van der Waals surface area (Å²) in [5.41, 5.74) is 3.76. The highest BCUT2D eigenvalue weighted by molar-refractivity contribution is 5.58. The maximum atomic E-state index is 5.52. The Kier molecular flexibility index (Phi) is 4.33. The molecule has 1 saturated heterocycles. The molecule has 0 saturated carbocycles. The highest BCUT2D eigenvalue weighted by Gasteiger charge is 2.25. The summed E-state index contributed by atoms with van der Waals surface area (Å²) in [6.07, 6.45) is 4.85. The Labute approximate surface area is 108 Å². The number of hydrogen-bond acceptors (Lipinski definition) is 6. The number of ether oxygens (including phenoxy) is 1. The molecule has 1 fully saturated rings. The van der Waals surface area contributed by atoms with E-state index in [4.69, 9.17) is 10.6 Å². The number of hydrazine groups is 1. The number of nitrogen functional groups attached to an aromatic ring is 1. The van der Waals surface area contributed by atoms with Crippen LogP contribution in [0.1, 0.15) is 25.3 Å². The fourth-order valence-corrected chi connectivity index (χ4v) is 2.39. The van der Waals surface area contributed by atoms with Crippen LogP contribution in [0.25, 0.3) is 0 Å². The average Bonchev–Trinajstić information content (AvgIpc) is 2.88. The molecule has 2 rings (SSSR count). The summed E-state index contributed by atoms with van der Waals surface area (Å²) >= 11 is 0. The van der Waals surface area contributed by atoms with Crippen molar-refractivity contribution in [2.45, 2.75) is 32.3 Å². The fourth-order valence-electron chi connectivity index (χ4n) is 2.39. The fraction of sp³-hybridized carbons (Fsp3) is 0.667. The van der Waals surface area contributed by atoms with Crippen LogP contribution in [-0.4, -0.2) is 36.3 Å². The van der Waals surface area contributed by atoms with E-state index in [2.05, 4.69) is 27.2 Å². The summed E-state index contributed by atoms with van der Waals surface area (Å²) in [6.45, 7) is 3.99. The Morgan fingerprint density at radius 2 is 2.39 bits per heavy atom. The van der Waals surface area contributed by atoms with Crippen molar-refractivity contribution in [3.05, 3.63) is 11.9 Å². The first-order chi connectivity index (χ1) is 8.80. The van der Waals surface area contributed by atoms with Gasteiger partial charge in [0.15, 0.2) is 0 Å². The predicted octanol–water partition coefficient (Wildman–Crippen LogP) is 0.940.